The maximum atomic E-state index is 13.4. The number of aliphatic hydroxyl groups excluding tert-OH is 1. The molecule has 6 rings (SSSR count). The fourth-order valence-corrected chi connectivity index (χ4v) is 5.98. The molecule has 2 atom stereocenters. The molecule has 0 unspecified atom stereocenters. The summed E-state index contributed by atoms with van der Waals surface area (Å²) in [6.45, 7) is 1.06. The van der Waals surface area contributed by atoms with E-state index >= 15 is 0 Å². The van der Waals surface area contributed by atoms with Crippen LogP contribution < -0.4 is 10.1 Å². The van der Waals surface area contributed by atoms with Crippen LogP contribution in [0.5, 0.6) is 5.75 Å². The Hall–Kier alpha value is -4.07. The number of nitrogens with one attached hydrogen (secondary N) is 2. The van der Waals surface area contributed by atoms with Crippen LogP contribution >= 0.6 is 0 Å². The first-order valence-corrected chi connectivity index (χ1v) is 14.4. The third-order valence-corrected chi connectivity index (χ3v) is 8.08. The van der Waals surface area contributed by atoms with Crippen LogP contribution in [-0.2, 0) is 27.1 Å². The summed E-state index contributed by atoms with van der Waals surface area (Å²) in [6.07, 6.45) is 6.98. The Morgan fingerprint density at radius 3 is 2.85 bits per heavy atom. The zero-order chi connectivity index (χ0) is 28.2. The van der Waals surface area contributed by atoms with Gasteiger partial charge in [0, 0.05) is 42.6 Å². The highest BCUT2D eigenvalue weighted by Gasteiger charge is 2.31. The molecule has 3 N–H and O–H groups in total. The van der Waals surface area contributed by atoms with Crippen LogP contribution in [0.4, 0.5) is 0 Å². The molecule has 41 heavy (non-hydrogen) atoms. The van der Waals surface area contributed by atoms with Gasteiger partial charge in [-0.05, 0) is 83.3 Å². The van der Waals surface area contributed by atoms with E-state index in [0.29, 0.717) is 38.2 Å². The van der Waals surface area contributed by atoms with Crippen LogP contribution in [0.2, 0.25) is 0 Å². The number of amides is 1. The predicted molar refractivity (Wildman–Crippen MR) is 159 cm³/mol. The summed E-state index contributed by atoms with van der Waals surface area (Å²) >= 11 is 0. The smallest absolute Gasteiger partial charge is 0.286 e. The monoisotopic (exact) mass is 552 g/mol. The van der Waals surface area contributed by atoms with E-state index in [1.54, 1.807) is 7.11 Å². The van der Waals surface area contributed by atoms with Crippen molar-refractivity contribution in [1.29, 1.82) is 0 Å². The van der Waals surface area contributed by atoms with Crippen molar-refractivity contribution in [3.63, 3.8) is 0 Å². The molecule has 7 heteroatoms. The van der Waals surface area contributed by atoms with Gasteiger partial charge < -0.3 is 29.6 Å². The van der Waals surface area contributed by atoms with Crippen LogP contribution in [0, 0.1) is 0 Å². The Balaban J connectivity index is 1.20. The number of carbonyl (C=O) groups excluding carboxylic acids is 1. The van der Waals surface area contributed by atoms with Gasteiger partial charge in [-0.3, -0.25) is 4.79 Å². The summed E-state index contributed by atoms with van der Waals surface area (Å²) in [7, 11) is 1.66. The highest BCUT2D eigenvalue weighted by Crippen LogP contribution is 2.42. The average Bonchev–Trinajstić information content (AvgIpc) is 3.60. The van der Waals surface area contributed by atoms with E-state index in [-0.39, 0.29) is 18.4 Å². The van der Waals surface area contributed by atoms with Gasteiger partial charge in [0.15, 0.2) is 5.76 Å². The van der Waals surface area contributed by atoms with Crippen molar-refractivity contribution in [2.75, 3.05) is 26.9 Å². The van der Waals surface area contributed by atoms with Gasteiger partial charge in [0.25, 0.3) is 5.91 Å². The van der Waals surface area contributed by atoms with E-state index in [4.69, 9.17) is 19.3 Å². The largest absolute Gasteiger partial charge is 0.497 e. The molecule has 1 amide bonds. The third kappa shape index (κ3) is 5.73. The summed E-state index contributed by atoms with van der Waals surface area (Å²) in [5.41, 5.74) is 8.54. The van der Waals surface area contributed by atoms with Crippen LogP contribution in [0.1, 0.15) is 47.4 Å². The first-order valence-electron chi connectivity index (χ1n) is 14.4. The highest BCUT2D eigenvalue weighted by molar-refractivity contribution is 5.92. The van der Waals surface area contributed by atoms with Gasteiger partial charge in [-0.1, -0.05) is 42.5 Å². The van der Waals surface area contributed by atoms with Gasteiger partial charge in [-0.2, -0.15) is 0 Å². The van der Waals surface area contributed by atoms with Crippen LogP contribution in [0.15, 0.2) is 78.7 Å². The standard InChI is InChI=1S/C34H36N2O5/c1-39-25-11-12-31-29(20-25)23(21-36-31)13-14-35-34(38)32-18-24(19-33(41-32)40-16-5-4-15-37)27-9-6-10-28-26-8-3-2-7-22(26)17-30(27)28/h2-3,6-12,18,20-21,24,33,36-37H,4-5,13-17,19H2,1H3,(H,35,38)/t24-,33+/m1/s1. The van der Waals surface area contributed by atoms with Gasteiger partial charge in [0.05, 0.1) is 13.7 Å². The van der Waals surface area contributed by atoms with Crippen molar-refractivity contribution in [2.24, 2.45) is 0 Å². The third-order valence-electron chi connectivity index (χ3n) is 8.08. The number of hydrogen-bond donors (Lipinski definition) is 3. The number of H-pyrrole nitrogens is 1. The van der Waals surface area contributed by atoms with Gasteiger partial charge in [0.2, 0.25) is 6.29 Å². The average molecular weight is 553 g/mol. The number of allylic oxidation sites excluding steroid dienone is 1. The van der Waals surface area contributed by atoms with Crippen molar-refractivity contribution in [3.8, 4) is 16.9 Å². The van der Waals surface area contributed by atoms with Crippen LogP contribution in [0.25, 0.3) is 22.0 Å². The lowest BCUT2D eigenvalue weighted by molar-refractivity contribution is -0.146. The van der Waals surface area contributed by atoms with Gasteiger partial charge in [-0.15, -0.1) is 0 Å². The first-order chi connectivity index (χ1) is 20.1. The molecule has 7 nitrogen and oxygen atoms in total. The number of fused-ring (bicyclic) bond motifs is 4. The van der Waals surface area contributed by atoms with E-state index < -0.39 is 6.29 Å². The molecule has 0 spiro atoms. The Labute approximate surface area is 240 Å². The fraction of sp³-hybridized carbons (Fsp3) is 0.324. The molecule has 0 saturated heterocycles. The molecule has 0 radical (unpaired) electrons. The second kappa shape index (κ2) is 12.2. The number of unbranched alkanes of at least 4 members (excludes halogenated alkanes) is 1. The molecule has 4 aromatic rings. The predicted octanol–water partition coefficient (Wildman–Crippen LogP) is 5.61. The molecular weight excluding hydrogens is 516 g/mol. The zero-order valence-corrected chi connectivity index (χ0v) is 23.3. The van der Waals surface area contributed by atoms with Crippen molar-refractivity contribution in [2.45, 2.75) is 44.3 Å². The second-order valence-corrected chi connectivity index (χ2v) is 10.7. The number of aromatic amines is 1. The first kappa shape index (κ1) is 27.1. The van der Waals surface area contributed by atoms with E-state index in [2.05, 4.69) is 52.8 Å². The Morgan fingerprint density at radius 2 is 1.98 bits per heavy atom. The minimum absolute atomic E-state index is 0.0160. The fourth-order valence-electron chi connectivity index (χ4n) is 5.98. The minimum atomic E-state index is -0.537. The number of aliphatic hydroxyl groups is 1. The summed E-state index contributed by atoms with van der Waals surface area (Å²) in [4.78, 5) is 16.7. The lowest BCUT2D eigenvalue weighted by atomic mass is 9.87. The van der Waals surface area contributed by atoms with Crippen LogP contribution in [0.3, 0.4) is 0 Å². The second-order valence-electron chi connectivity index (χ2n) is 10.7. The van der Waals surface area contributed by atoms with Gasteiger partial charge in [0.1, 0.15) is 5.75 Å². The van der Waals surface area contributed by atoms with Crippen molar-refractivity contribution in [3.05, 3.63) is 101 Å². The maximum absolute atomic E-state index is 13.4. The van der Waals surface area contributed by atoms with E-state index in [1.807, 2.05) is 30.5 Å². The molecule has 2 aliphatic rings. The van der Waals surface area contributed by atoms with Crippen molar-refractivity contribution in [1.82, 2.24) is 10.3 Å². The molecule has 1 aromatic heterocycles. The molecule has 0 saturated carbocycles. The summed E-state index contributed by atoms with van der Waals surface area (Å²) in [5, 5.41) is 13.3. The molecule has 212 valence electrons. The minimum Gasteiger partial charge on any atom is -0.497 e. The molecule has 2 heterocycles. The number of aromatic nitrogens is 1. The van der Waals surface area contributed by atoms with Crippen LogP contribution in [-0.4, -0.2) is 49.2 Å². The lowest BCUT2D eigenvalue weighted by Crippen LogP contribution is -2.34. The van der Waals surface area contributed by atoms with Gasteiger partial charge in [-0.25, -0.2) is 0 Å². The molecule has 0 bridgehead atoms. The maximum Gasteiger partial charge on any atom is 0.286 e. The SMILES string of the molecule is COc1ccc2[nH]cc(CCNC(=O)C3=C[C@@H](c4cccc5c4Cc4ccccc4-5)C[C@@H](OCCCCO)O3)c2c1. The molecular formula is C34H36N2O5. The van der Waals surface area contributed by atoms with Crippen molar-refractivity contribution >= 4 is 16.8 Å². The van der Waals surface area contributed by atoms with E-state index in [9.17, 15) is 4.79 Å². The Bertz CT molecular complexity index is 1570. The number of methoxy groups -OCH3 is 1. The summed E-state index contributed by atoms with van der Waals surface area (Å²) in [6, 6.07) is 20.9. The molecule has 1 aliphatic heterocycles. The van der Waals surface area contributed by atoms with E-state index in [1.165, 1.54) is 27.8 Å². The highest BCUT2D eigenvalue weighted by atomic mass is 16.7. The number of rotatable bonds is 11. The van der Waals surface area contributed by atoms with Gasteiger partial charge >= 0.3 is 0 Å². The Morgan fingerprint density at radius 1 is 1.10 bits per heavy atom. The number of ether oxygens (including phenoxy) is 3. The van der Waals surface area contributed by atoms with Crippen molar-refractivity contribution < 1.29 is 24.1 Å². The number of carbonyl (C=O) groups is 1. The zero-order valence-electron chi connectivity index (χ0n) is 23.3. The summed E-state index contributed by atoms with van der Waals surface area (Å²) in [5.74, 6) is 0.835. The molecule has 1 aliphatic carbocycles. The normalized spacial score (nSPS) is 17.5. The summed E-state index contributed by atoms with van der Waals surface area (Å²) < 4.78 is 17.5. The lowest BCUT2D eigenvalue weighted by Gasteiger charge is -2.30. The quantitative estimate of drug-likeness (QED) is 0.185. The number of hydrogen-bond acceptors (Lipinski definition) is 5. The topological polar surface area (TPSA) is 92.8 Å². The van der Waals surface area contributed by atoms with E-state index in [0.717, 1.165) is 35.1 Å². The molecule has 3 aromatic carbocycles. The molecule has 0 fully saturated rings. The number of benzene rings is 3. The Kier molecular flexibility index (Phi) is 8.07.